The van der Waals surface area contributed by atoms with Crippen molar-refractivity contribution in [3.8, 4) is 0 Å². The minimum Gasteiger partial charge on any atom is -0.381 e. The lowest BCUT2D eigenvalue weighted by Crippen LogP contribution is -2.60. The monoisotopic (exact) mass is 600 g/mol. The van der Waals surface area contributed by atoms with Crippen LogP contribution in [0.25, 0.3) is 11.0 Å². The molecule has 0 spiro atoms. The Balaban J connectivity index is 1.42. The van der Waals surface area contributed by atoms with Crippen molar-refractivity contribution in [2.45, 2.75) is 47.0 Å². The number of aromatic nitrogens is 3. The van der Waals surface area contributed by atoms with Gasteiger partial charge in [0.1, 0.15) is 13.5 Å². The van der Waals surface area contributed by atoms with Gasteiger partial charge in [0.05, 0.1) is 58.7 Å². The first-order chi connectivity index (χ1) is 21.6. The average Bonchev–Trinajstić information content (AvgIpc) is 3.03. The SMILES string of the molecule is [B]C([B])([B])C([B])(n1c(=O)ccc2cnc(N[C@@H](C)c3ccc(C4(N5CCN(C(=O)C=C)CC5)CCOCC4)cc3)nc21)C([B])([B])[B]. The zero-order valence-electron chi connectivity index (χ0n) is 26.1. The molecule has 2 saturated heterocycles. The van der Waals surface area contributed by atoms with Crippen molar-refractivity contribution < 1.29 is 9.53 Å². The van der Waals surface area contributed by atoms with Crippen LogP contribution in [-0.2, 0) is 20.5 Å². The second-order valence-electron chi connectivity index (χ2n) is 12.3. The Labute approximate surface area is 279 Å². The summed E-state index contributed by atoms with van der Waals surface area (Å²) >= 11 is 0. The van der Waals surface area contributed by atoms with Crippen LogP contribution < -0.4 is 10.9 Å². The number of benzene rings is 1. The molecule has 1 atom stereocenters. The van der Waals surface area contributed by atoms with Gasteiger partial charge in [-0.05, 0) is 48.5 Å². The van der Waals surface area contributed by atoms with E-state index in [1.807, 2.05) is 11.8 Å². The molecule has 0 unspecified atom stereocenters. The van der Waals surface area contributed by atoms with Gasteiger partial charge in [-0.15, -0.1) is 10.2 Å². The molecule has 5 rings (SSSR count). The summed E-state index contributed by atoms with van der Waals surface area (Å²) in [6.07, 6.45) is 4.59. The van der Waals surface area contributed by atoms with Crippen LogP contribution in [0.3, 0.4) is 0 Å². The van der Waals surface area contributed by atoms with Crippen LogP contribution in [0.15, 0.2) is 60.0 Å². The number of nitrogens with one attached hydrogen (secondary N) is 1. The molecule has 1 N–H and O–H groups in total. The van der Waals surface area contributed by atoms with Crippen LogP contribution in [0.1, 0.15) is 36.9 Å². The second kappa shape index (κ2) is 12.8. The molecule has 2 aliphatic heterocycles. The molecule has 1 amide bonds. The third kappa shape index (κ3) is 6.15. The van der Waals surface area contributed by atoms with Crippen LogP contribution in [0.4, 0.5) is 5.95 Å². The van der Waals surface area contributed by atoms with Gasteiger partial charge >= 0.3 is 0 Å². The van der Waals surface area contributed by atoms with Crippen LogP contribution in [0.2, 0.25) is 10.2 Å². The highest BCUT2D eigenvalue weighted by atomic mass is 16.5. The quantitative estimate of drug-likeness (QED) is 0.279. The number of fused-ring (bicyclic) bond motifs is 1. The van der Waals surface area contributed by atoms with Gasteiger partial charge in [0, 0.05) is 57.0 Å². The molecule has 0 aliphatic carbocycles. The van der Waals surface area contributed by atoms with E-state index in [4.69, 9.17) is 59.7 Å². The van der Waals surface area contributed by atoms with Crippen LogP contribution in [-0.4, -0.2) is 125 Å². The van der Waals surface area contributed by atoms with E-state index in [1.54, 1.807) is 0 Å². The van der Waals surface area contributed by atoms with Crippen molar-refractivity contribution in [3.63, 3.8) is 0 Å². The molecule has 46 heavy (non-hydrogen) atoms. The van der Waals surface area contributed by atoms with Gasteiger partial charge in [-0.1, -0.05) is 30.8 Å². The summed E-state index contributed by atoms with van der Waals surface area (Å²) in [5.74, 6) is 0.150. The van der Waals surface area contributed by atoms with Gasteiger partial charge in [0.25, 0.3) is 5.56 Å². The van der Waals surface area contributed by atoms with Crippen molar-refractivity contribution in [3.05, 3.63) is 76.7 Å². The molecule has 2 aromatic heterocycles. The smallest absolute Gasteiger partial charge is 0.251 e. The minimum absolute atomic E-state index is 0.0304. The number of anilines is 1. The van der Waals surface area contributed by atoms with Crippen molar-refractivity contribution in [1.82, 2.24) is 24.3 Å². The Bertz CT molecular complexity index is 1630. The van der Waals surface area contributed by atoms with Crippen molar-refractivity contribution >= 4 is 77.8 Å². The van der Waals surface area contributed by atoms with E-state index in [1.165, 1.54) is 30.0 Å². The summed E-state index contributed by atoms with van der Waals surface area (Å²) in [4.78, 5) is 38.6. The summed E-state index contributed by atoms with van der Waals surface area (Å²) in [6, 6.07) is 10.9. The van der Waals surface area contributed by atoms with Crippen LogP contribution >= 0.6 is 0 Å². The van der Waals surface area contributed by atoms with E-state index >= 15 is 0 Å². The van der Waals surface area contributed by atoms with E-state index < -0.39 is 21.2 Å². The number of amides is 1. The molecule has 2 aliphatic rings. The lowest BCUT2D eigenvalue weighted by atomic mass is 9.18. The maximum Gasteiger partial charge on any atom is 0.251 e. The lowest BCUT2D eigenvalue weighted by molar-refractivity contribution is -0.130. The summed E-state index contributed by atoms with van der Waals surface area (Å²) in [5.41, 5.74) is -1.02. The third-order valence-electron chi connectivity index (χ3n) is 9.29. The van der Waals surface area contributed by atoms with Gasteiger partial charge in [-0.3, -0.25) is 19.1 Å². The maximum absolute atomic E-state index is 13.1. The Morgan fingerprint density at radius 3 is 2.15 bits per heavy atom. The van der Waals surface area contributed by atoms with Crippen molar-refractivity contribution in [2.75, 3.05) is 44.7 Å². The Morgan fingerprint density at radius 1 is 0.978 bits per heavy atom. The highest BCUT2D eigenvalue weighted by Crippen LogP contribution is 2.46. The van der Waals surface area contributed by atoms with Crippen molar-refractivity contribution in [1.29, 1.82) is 0 Å². The zero-order valence-corrected chi connectivity index (χ0v) is 26.1. The van der Waals surface area contributed by atoms with Gasteiger partial charge in [0.15, 0.2) is 0 Å². The first-order valence-corrected chi connectivity index (χ1v) is 15.1. The standard InChI is InChI=1S/C30H31B7N6O3/c1-3-23(44)41-12-14-42(15-13-41)27(10-16-46-17-11-27)22-7-4-20(5-8-22)19(2)39-26-38-18-21-6-9-24(45)43(25(21)40-26)28(31,29(32,33)34)30(35,36)37/h3-9,18-19H,1,10-17H2,2H3,(H,38,39,40)/t19-/m0/s1. The number of hydrogen-bond donors (Lipinski definition) is 1. The number of rotatable bonds is 9. The van der Waals surface area contributed by atoms with Gasteiger partial charge in [-0.25, -0.2) is 4.98 Å². The maximum atomic E-state index is 13.1. The highest BCUT2D eigenvalue weighted by molar-refractivity contribution is 6.68. The fourth-order valence-corrected chi connectivity index (χ4v) is 6.53. The molecule has 16 heteroatoms. The van der Waals surface area contributed by atoms with E-state index in [0.29, 0.717) is 31.7 Å². The van der Waals surface area contributed by atoms with Crippen LogP contribution in [0, 0.1) is 0 Å². The first kappa shape index (κ1) is 34.2. The second-order valence-corrected chi connectivity index (χ2v) is 12.3. The lowest BCUT2D eigenvalue weighted by Gasteiger charge is -2.56. The molecular formula is C30H31B7N6O3. The molecule has 9 nitrogen and oxygen atoms in total. The Kier molecular flexibility index (Phi) is 9.55. The summed E-state index contributed by atoms with van der Waals surface area (Å²) in [6.45, 7) is 9.77. The number of carbonyl (C=O) groups excluding carboxylic acids is 1. The normalized spacial score (nSPS) is 18.6. The van der Waals surface area contributed by atoms with Crippen molar-refractivity contribution in [2.24, 2.45) is 0 Å². The number of hydrogen-bond acceptors (Lipinski definition) is 7. The first-order valence-electron chi connectivity index (χ1n) is 15.1. The Hall–Kier alpha value is -3.11. The molecule has 2 fully saturated rings. The van der Waals surface area contributed by atoms with E-state index in [9.17, 15) is 9.59 Å². The van der Waals surface area contributed by atoms with Gasteiger partial charge in [0.2, 0.25) is 11.9 Å². The third-order valence-corrected chi connectivity index (χ3v) is 9.29. The Morgan fingerprint density at radius 2 is 1.59 bits per heavy atom. The predicted octanol–water partition coefficient (Wildman–Crippen LogP) is 0.280. The number of carbonyl (C=O) groups is 1. The number of ether oxygens (including phenoxy) is 1. The molecule has 0 saturated carbocycles. The fourth-order valence-electron chi connectivity index (χ4n) is 6.53. The van der Waals surface area contributed by atoms with Crippen LogP contribution in [0.5, 0.6) is 0 Å². The molecule has 14 radical (unpaired) electrons. The van der Waals surface area contributed by atoms with E-state index in [-0.39, 0.29) is 29.1 Å². The number of nitrogens with zero attached hydrogens (tertiary/aromatic N) is 5. The highest BCUT2D eigenvalue weighted by Gasteiger charge is 2.46. The molecule has 1 aromatic carbocycles. The number of piperazine rings is 1. The van der Waals surface area contributed by atoms with E-state index in [0.717, 1.165) is 36.1 Å². The fraction of sp³-hybridized carbons (Fsp3) is 0.467. The minimum atomic E-state index is -2.36. The van der Waals surface area contributed by atoms with Gasteiger partial charge in [-0.2, -0.15) is 4.98 Å². The molecular weight excluding hydrogens is 568 g/mol. The van der Waals surface area contributed by atoms with Gasteiger partial charge < -0.3 is 15.0 Å². The topological polar surface area (TPSA) is 92.6 Å². The molecule has 220 valence electrons. The zero-order chi connectivity index (χ0) is 33.5. The summed E-state index contributed by atoms with van der Waals surface area (Å²) < 4.78 is 6.66. The summed E-state index contributed by atoms with van der Waals surface area (Å²) in [7, 11) is 42.3. The largest absolute Gasteiger partial charge is 0.381 e. The van der Waals surface area contributed by atoms with E-state index in [2.05, 4.69) is 51.0 Å². The summed E-state index contributed by atoms with van der Waals surface area (Å²) in [5, 5.41) is -0.953. The number of pyridine rings is 1. The molecule has 0 bridgehead atoms. The predicted molar refractivity (Wildman–Crippen MR) is 186 cm³/mol. The molecule has 4 heterocycles. The average molecular weight is 599 g/mol. The molecule has 3 aromatic rings.